The van der Waals surface area contributed by atoms with E-state index < -0.39 is 12.7 Å². The molecule has 0 saturated heterocycles. The Morgan fingerprint density at radius 2 is 1.93 bits per heavy atom. The molecule has 0 aliphatic heterocycles. The fourth-order valence-electron chi connectivity index (χ4n) is 3.80. The van der Waals surface area contributed by atoms with Gasteiger partial charge in [-0.05, 0) is 51.4 Å². The first kappa shape index (κ1) is 19.7. The van der Waals surface area contributed by atoms with Crippen LogP contribution in [0.15, 0.2) is 6.20 Å². The molecule has 3 rings (SSSR count). The molecule has 0 bridgehead atoms. The summed E-state index contributed by atoms with van der Waals surface area (Å²) in [5, 5.41) is 25.6. The molecule has 0 aromatic carbocycles. The molecule has 7 nitrogen and oxygen atoms in total. The summed E-state index contributed by atoms with van der Waals surface area (Å²) in [6.07, 6.45) is 6.53. The molecular weight excluding hydrogens is 356 g/mol. The zero-order chi connectivity index (χ0) is 19.2. The van der Waals surface area contributed by atoms with Gasteiger partial charge < -0.3 is 20.5 Å². The molecule has 0 unspecified atom stereocenters. The van der Waals surface area contributed by atoms with Crippen molar-refractivity contribution in [1.29, 1.82) is 5.26 Å². The van der Waals surface area contributed by atoms with Crippen LogP contribution in [0.2, 0.25) is 0 Å². The third kappa shape index (κ3) is 5.71. The minimum absolute atomic E-state index is 0.0746. The van der Waals surface area contributed by atoms with E-state index in [1.165, 1.54) is 6.20 Å². The molecule has 148 valence electrons. The lowest BCUT2D eigenvalue weighted by molar-refractivity contribution is -0.169. The van der Waals surface area contributed by atoms with E-state index in [0.717, 1.165) is 19.3 Å². The van der Waals surface area contributed by atoms with Crippen LogP contribution in [-0.2, 0) is 4.74 Å². The normalized spacial score (nSPS) is 28.6. The lowest BCUT2D eigenvalue weighted by Crippen LogP contribution is -2.32. The topological polar surface area (TPSA) is 103 Å². The second kappa shape index (κ2) is 9.24. The van der Waals surface area contributed by atoms with Crippen molar-refractivity contribution in [3.05, 3.63) is 11.8 Å². The van der Waals surface area contributed by atoms with Crippen molar-refractivity contribution in [3.8, 4) is 6.07 Å². The molecule has 9 heteroatoms. The number of nitrogens with one attached hydrogen (secondary N) is 2. The first-order valence-corrected chi connectivity index (χ1v) is 9.45. The SMILES string of the molecule is N#Cc1cnc(N[C@H]2CC[C@H](OC(F)F)CC2)nc1N[C@@H]1CCC[C@H](O)C1. The van der Waals surface area contributed by atoms with Crippen LogP contribution in [0.4, 0.5) is 20.5 Å². The summed E-state index contributed by atoms with van der Waals surface area (Å²) in [7, 11) is 0. The highest BCUT2D eigenvalue weighted by molar-refractivity contribution is 5.54. The van der Waals surface area contributed by atoms with Gasteiger partial charge in [-0.3, -0.25) is 0 Å². The molecule has 2 aliphatic carbocycles. The molecule has 0 radical (unpaired) electrons. The standard InChI is InChI=1S/C18H25F2N5O2/c19-17(20)27-15-6-4-12(5-7-15)24-18-22-10-11(9-21)16(25-18)23-13-2-1-3-14(26)8-13/h10,12-15,17,26H,1-8H2,(H2,22,23,24,25)/t12-,13-,14+,15-/m1/s1. The Kier molecular flexibility index (Phi) is 6.74. The van der Waals surface area contributed by atoms with E-state index in [4.69, 9.17) is 0 Å². The Labute approximate surface area is 157 Å². The average Bonchev–Trinajstić information content (AvgIpc) is 2.63. The third-order valence-corrected chi connectivity index (χ3v) is 5.20. The van der Waals surface area contributed by atoms with Crippen LogP contribution in [0.1, 0.15) is 56.9 Å². The number of anilines is 2. The summed E-state index contributed by atoms with van der Waals surface area (Å²) < 4.78 is 29.2. The molecule has 2 atom stereocenters. The minimum atomic E-state index is -2.73. The highest BCUT2D eigenvalue weighted by Crippen LogP contribution is 2.26. The second-order valence-corrected chi connectivity index (χ2v) is 7.24. The molecule has 1 aromatic heterocycles. The number of nitrogens with zero attached hydrogens (tertiary/aromatic N) is 3. The Balaban J connectivity index is 1.59. The van der Waals surface area contributed by atoms with Gasteiger partial charge in [0.2, 0.25) is 5.95 Å². The Hall–Kier alpha value is -2.05. The van der Waals surface area contributed by atoms with Gasteiger partial charge in [0.05, 0.1) is 18.4 Å². The fourth-order valence-corrected chi connectivity index (χ4v) is 3.80. The van der Waals surface area contributed by atoms with E-state index in [1.807, 2.05) is 0 Å². The van der Waals surface area contributed by atoms with Gasteiger partial charge in [0.15, 0.2) is 0 Å². The average molecular weight is 381 g/mol. The zero-order valence-corrected chi connectivity index (χ0v) is 15.1. The van der Waals surface area contributed by atoms with Gasteiger partial charge in [-0.25, -0.2) is 4.98 Å². The number of aliphatic hydroxyl groups excluding tert-OH is 1. The highest BCUT2D eigenvalue weighted by Gasteiger charge is 2.25. The summed E-state index contributed by atoms with van der Waals surface area (Å²) in [6.45, 7) is -2.73. The molecule has 1 aromatic rings. The van der Waals surface area contributed by atoms with Crippen molar-refractivity contribution in [2.45, 2.75) is 82.3 Å². The number of alkyl halides is 2. The van der Waals surface area contributed by atoms with Gasteiger partial charge in [-0.1, -0.05) is 0 Å². The first-order chi connectivity index (χ1) is 13.0. The van der Waals surface area contributed by atoms with E-state index in [-0.39, 0.29) is 18.2 Å². The number of hydrogen-bond acceptors (Lipinski definition) is 7. The monoisotopic (exact) mass is 381 g/mol. The maximum Gasteiger partial charge on any atom is 0.345 e. The maximum absolute atomic E-state index is 12.3. The van der Waals surface area contributed by atoms with Crippen LogP contribution in [0.3, 0.4) is 0 Å². The van der Waals surface area contributed by atoms with Crippen molar-refractivity contribution < 1.29 is 18.6 Å². The van der Waals surface area contributed by atoms with Crippen molar-refractivity contribution >= 4 is 11.8 Å². The number of aliphatic hydroxyl groups is 1. The predicted octanol–water partition coefficient (Wildman–Crippen LogP) is 3.03. The molecule has 27 heavy (non-hydrogen) atoms. The lowest BCUT2D eigenvalue weighted by atomic mass is 9.93. The predicted molar refractivity (Wildman–Crippen MR) is 95.4 cm³/mol. The van der Waals surface area contributed by atoms with Crippen molar-refractivity contribution in [2.75, 3.05) is 10.6 Å². The number of aromatic nitrogens is 2. The summed E-state index contributed by atoms with van der Waals surface area (Å²) in [5.41, 5.74) is 0.356. The summed E-state index contributed by atoms with van der Waals surface area (Å²) >= 11 is 0. The molecule has 2 fully saturated rings. The van der Waals surface area contributed by atoms with Crippen LogP contribution < -0.4 is 10.6 Å². The van der Waals surface area contributed by atoms with E-state index in [9.17, 15) is 19.1 Å². The third-order valence-electron chi connectivity index (χ3n) is 5.20. The maximum atomic E-state index is 12.3. The van der Waals surface area contributed by atoms with Crippen molar-refractivity contribution in [3.63, 3.8) is 0 Å². The smallest absolute Gasteiger partial charge is 0.345 e. The summed E-state index contributed by atoms with van der Waals surface area (Å²) in [5.74, 6) is 0.870. The van der Waals surface area contributed by atoms with Gasteiger partial charge in [0.1, 0.15) is 17.5 Å². The van der Waals surface area contributed by atoms with Gasteiger partial charge in [0.25, 0.3) is 0 Å². The lowest BCUT2D eigenvalue weighted by Gasteiger charge is -2.29. The fraction of sp³-hybridized carbons (Fsp3) is 0.722. The summed E-state index contributed by atoms with van der Waals surface area (Å²) in [6, 6.07) is 2.24. The van der Waals surface area contributed by atoms with Crippen LogP contribution in [0.25, 0.3) is 0 Å². The Morgan fingerprint density at radius 3 is 2.59 bits per heavy atom. The first-order valence-electron chi connectivity index (χ1n) is 9.45. The number of hydrogen-bond donors (Lipinski definition) is 3. The zero-order valence-electron chi connectivity index (χ0n) is 15.1. The quantitative estimate of drug-likeness (QED) is 0.696. The highest BCUT2D eigenvalue weighted by atomic mass is 19.3. The van der Waals surface area contributed by atoms with Crippen LogP contribution in [0.5, 0.6) is 0 Å². The van der Waals surface area contributed by atoms with Crippen LogP contribution in [-0.4, -0.2) is 46.0 Å². The Bertz CT molecular complexity index is 662. The number of halogens is 2. The van der Waals surface area contributed by atoms with Crippen LogP contribution >= 0.6 is 0 Å². The Morgan fingerprint density at radius 1 is 1.15 bits per heavy atom. The molecule has 2 saturated carbocycles. The van der Waals surface area contributed by atoms with E-state index >= 15 is 0 Å². The number of nitriles is 1. The summed E-state index contributed by atoms with van der Waals surface area (Å²) in [4.78, 5) is 8.63. The number of rotatable bonds is 6. The molecular formula is C18H25F2N5O2. The van der Waals surface area contributed by atoms with Gasteiger partial charge in [-0.15, -0.1) is 0 Å². The van der Waals surface area contributed by atoms with E-state index in [1.54, 1.807) is 0 Å². The molecule has 2 aliphatic rings. The molecule has 1 heterocycles. The van der Waals surface area contributed by atoms with Gasteiger partial charge in [0, 0.05) is 12.1 Å². The number of ether oxygens (including phenoxy) is 1. The van der Waals surface area contributed by atoms with Crippen LogP contribution in [0, 0.1) is 11.3 Å². The van der Waals surface area contributed by atoms with Gasteiger partial charge in [-0.2, -0.15) is 19.0 Å². The van der Waals surface area contributed by atoms with Crippen molar-refractivity contribution in [1.82, 2.24) is 9.97 Å². The molecule has 0 spiro atoms. The van der Waals surface area contributed by atoms with Crippen molar-refractivity contribution in [2.24, 2.45) is 0 Å². The van der Waals surface area contributed by atoms with Gasteiger partial charge >= 0.3 is 6.61 Å². The molecule has 0 amide bonds. The van der Waals surface area contributed by atoms with E-state index in [0.29, 0.717) is 49.4 Å². The molecule has 3 N–H and O–H groups in total. The second-order valence-electron chi connectivity index (χ2n) is 7.24. The largest absolute Gasteiger partial charge is 0.393 e. The minimum Gasteiger partial charge on any atom is -0.393 e. The van der Waals surface area contributed by atoms with E-state index in [2.05, 4.69) is 31.4 Å².